The van der Waals surface area contributed by atoms with E-state index in [0.717, 1.165) is 38.8 Å². The van der Waals surface area contributed by atoms with E-state index >= 15 is 0 Å². The van der Waals surface area contributed by atoms with Crippen molar-refractivity contribution in [3.8, 4) is 12.3 Å². The Morgan fingerprint density at radius 2 is 2.50 bits per heavy atom. The molecule has 1 saturated heterocycles. The van der Waals surface area contributed by atoms with Crippen molar-refractivity contribution < 1.29 is 4.79 Å². The highest BCUT2D eigenvalue weighted by atomic mass is 16.1. The average molecular weight is 194 g/mol. The minimum atomic E-state index is 0.162. The van der Waals surface area contributed by atoms with E-state index in [1.54, 1.807) is 0 Å². The summed E-state index contributed by atoms with van der Waals surface area (Å²) in [6.07, 6.45) is 8.84. The van der Waals surface area contributed by atoms with Gasteiger partial charge in [-0.25, -0.2) is 0 Å². The summed E-state index contributed by atoms with van der Waals surface area (Å²) in [5.74, 6) is 2.89. The fourth-order valence-corrected chi connectivity index (χ4v) is 1.62. The van der Waals surface area contributed by atoms with Crippen molar-refractivity contribution in [2.24, 2.45) is 5.92 Å². The Balaban J connectivity index is 2.11. The van der Waals surface area contributed by atoms with Gasteiger partial charge in [0, 0.05) is 19.5 Å². The lowest BCUT2D eigenvalue weighted by molar-refractivity contribution is -0.125. The number of hydrogen-bond acceptors (Lipinski definition) is 2. The third-order valence-corrected chi connectivity index (χ3v) is 2.46. The molecule has 1 rings (SSSR count). The second-order valence-electron chi connectivity index (χ2n) is 3.64. The van der Waals surface area contributed by atoms with Crippen LogP contribution >= 0.6 is 0 Å². The maximum absolute atomic E-state index is 11.6. The summed E-state index contributed by atoms with van der Waals surface area (Å²) in [5.41, 5.74) is 0. The van der Waals surface area contributed by atoms with Gasteiger partial charge in [0.1, 0.15) is 0 Å². The third kappa shape index (κ3) is 3.80. The Labute approximate surface area is 85.6 Å². The highest BCUT2D eigenvalue weighted by Gasteiger charge is 2.19. The summed E-state index contributed by atoms with van der Waals surface area (Å²) in [4.78, 5) is 11.6. The molecule has 3 nitrogen and oxygen atoms in total. The van der Waals surface area contributed by atoms with Crippen molar-refractivity contribution in [1.29, 1.82) is 0 Å². The van der Waals surface area contributed by atoms with E-state index < -0.39 is 0 Å². The van der Waals surface area contributed by atoms with Gasteiger partial charge in [-0.3, -0.25) is 4.79 Å². The number of carbonyl (C=O) groups is 1. The van der Waals surface area contributed by atoms with E-state index in [1.165, 1.54) is 0 Å². The van der Waals surface area contributed by atoms with Crippen LogP contribution in [0.4, 0.5) is 0 Å². The molecule has 0 spiro atoms. The molecule has 0 radical (unpaired) electrons. The van der Waals surface area contributed by atoms with Crippen LogP contribution in [0.15, 0.2) is 0 Å². The molecule has 0 aliphatic carbocycles. The van der Waals surface area contributed by atoms with Crippen LogP contribution in [0.2, 0.25) is 0 Å². The van der Waals surface area contributed by atoms with E-state index in [1.807, 2.05) is 0 Å². The summed E-state index contributed by atoms with van der Waals surface area (Å²) < 4.78 is 0. The van der Waals surface area contributed by atoms with Crippen LogP contribution in [0, 0.1) is 18.3 Å². The highest BCUT2D eigenvalue weighted by Crippen LogP contribution is 2.09. The Morgan fingerprint density at radius 1 is 1.64 bits per heavy atom. The van der Waals surface area contributed by atoms with E-state index in [4.69, 9.17) is 6.42 Å². The quantitative estimate of drug-likeness (QED) is 0.506. The van der Waals surface area contributed by atoms with Crippen molar-refractivity contribution in [3.05, 3.63) is 0 Å². The Kier molecular flexibility index (Phi) is 5.09. The van der Waals surface area contributed by atoms with Crippen LogP contribution in [-0.2, 0) is 4.79 Å². The first-order valence-corrected chi connectivity index (χ1v) is 5.26. The molecule has 1 atom stereocenters. The van der Waals surface area contributed by atoms with Crippen LogP contribution < -0.4 is 10.6 Å². The van der Waals surface area contributed by atoms with Gasteiger partial charge >= 0.3 is 0 Å². The number of hydrogen-bond donors (Lipinski definition) is 2. The molecule has 0 aromatic rings. The van der Waals surface area contributed by atoms with Crippen molar-refractivity contribution in [2.45, 2.75) is 25.7 Å². The maximum Gasteiger partial charge on any atom is 0.224 e. The minimum Gasteiger partial charge on any atom is -0.356 e. The average Bonchev–Trinajstić information content (AvgIpc) is 2.25. The van der Waals surface area contributed by atoms with Gasteiger partial charge in [-0.15, -0.1) is 12.3 Å². The van der Waals surface area contributed by atoms with Crippen LogP contribution in [0.25, 0.3) is 0 Å². The Bertz CT molecular complexity index is 214. The van der Waals surface area contributed by atoms with E-state index in [2.05, 4.69) is 16.6 Å². The Hall–Kier alpha value is -1.01. The molecule has 0 unspecified atom stereocenters. The summed E-state index contributed by atoms with van der Waals surface area (Å²) >= 11 is 0. The number of terminal acetylenes is 1. The monoisotopic (exact) mass is 194 g/mol. The van der Waals surface area contributed by atoms with Crippen molar-refractivity contribution >= 4 is 5.91 Å². The summed E-state index contributed by atoms with van der Waals surface area (Å²) in [6.45, 7) is 2.57. The molecule has 1 aliphatic rings. The molecular weight excluding hydrogens is 176 g/mol. The number of piperidine rings is 1. The van der Waals surface area contributed by atoms with E-state index in [0.29, 0.717) is 6.54 Å². The zero-order valence-corrected chi connectivity index (χ0v) is 8.51. The predicted molar refractivity (Wildman–Crippen MR) is 56.7 cm³/mol. The molecule has 1 fully saturated rings. The van der Waals surface area contributed by atoms with Gasteiger partial charge in [0.15, 0.2) is 0 Å². The molecule has 0 aromatic heterocycles. The molecule has 0 aromatic carbocycles. The number of carbonyl (C=O) groups excluding carboxylic acids is 1. The molecule has 2 N–H and O–H groups in total. The van der Waals surface area contributed by atoms with Gasteiger partial charge in [-0.1, -0.05) is 0 Å². The lowest BCUT2D eigenvalue weighted by atomic mass is 9.99. The fourth-order valence-electron chi connectivity index (χ4n) is 1.62. The molecule has 1 heterocycles. The van der Waals surface area contributed by atoms with Crippen molar-refractivity contribution in [2.75, 3.05) is 19.6 Å². The predicted octanol–water partition coefficient (Wildman–Crippen LogP) is 0.516. The molecule has 1 amide bonds. The number of amides is 1. The van der Waals surface area contributed by atoms with Gasteiger partial charge in [0.2, 0.25) is 5.91 Å². The lowest BCUT2D eigenvalue weighted by Gasteiger charge is -2.21. The summed E-state index contributed by atoms with van der Waals surface area (Å²) in [7, 11) is 0. The molecule has 78 valence electrons. The van der Waals surface area contributed by atoms with Gasteiger partial charge in [0.25, 0.3) is 0 Å². The molecule has 0 saturated carbocycles. The van der Waals surface area contributed by atoms with Crippen LogP contribution in [-0.4, -0.2) is 25.5 Å². The zero-order valence-electron chi connectivity index (χ0n) is 8.51. The van der Waals surface area contributed by atoms with Crippen molar-refractivity contribution in [1.82, 2.24) is 10.6 Å². The number of unbranched alkanes of at least 4 members (excludes halogenated alkanes) is 1. The molecule has 0 bridgehead atoms. The number of rotatable bonds is 4. The first-order chi connectivity index (χ1) is 6.84. The van der Waals surface area contributed by atoms with Gasteiger partial charge in [-0.05, 0) is 25.8 Å². The zero-order chi connectivity index (χ0) is 10.2. The minimum absolute atomic E-state index is 0.162. The van der Waals surface area contributed by atoms with Crippen LogP contribution in [0.3, 0.4) is 0 Å². The van der Waals surface area contributed by atoms with Crippen LogP contribution in [0.5, 0.6) is 0 Å². The molecule has 1 aliphatic heterocycles. The molecular formula is C11H18N2O. The fraction of sp³-hybridized carbons (Fsp3) is 0.727. The maximum atomic E-state index is 11.6. The molecule has 3 heteroatoms. The lowest BCUT2D eigenvalue weighted by Crippen LogP contribution is -2.40. The second kappa shape index (κ2) is 6.44. The number of nitrogens with one attached hydrogen (secondary N) is 2. The molecule has 14 heavy (non-hydrogen) atoms. The summed E-state index contributed by atoms with van der Waals surface area (Å²) in [5, 5.41) is 6.14. The van der Waals surface area contributed by atoms with E-state index in [-0.39, 0.29) is 11.8 Å². The normalized spacial score (nSPS) is 21.2. The van der Waals surface area contributed by atoms with Crippen LogP contribution in [0.1, 0.15) is 25.7 Å². The first kappa shape index (κ1) is 11.1. The van der Waals surface area contributed by atoms with E-state index in [9.17, 15) is 4.79 Å². The second-order valence-corrected chi connectivity index (χ2v) is 3.64. The third-order valence-electron chi connectivity index (χ3n) is 2.46. The SMILES string of the molecule is C#CCCCNC(=O)[C@@H]1CCCNC1. The van der Waals surface area contributed by atoms with Gasteiger partial charge in [0.05, 0.1) is 5.92 Å². The smallest absolute Gasteiger partial charge is 0.224 e. The first-order valence-electron chi connectivity index (χ1n) is 5.26. The van der Waals surface area contributed by atoms with Crippen molar-refractivity contribution in [3.63, 3.8) is 0 Å². The highest BCUT2D eigenvalue weighted by molar-refractivity contribution is 5.78. The van der Waals surface area contributed by atoms with Gasteiger partial charge < -0.3 is 10.6 Å². The topological polar surface area (TPSA) is 41.1 Å². The largest absolute Gasteiger partial charge is 0.356 e. The Morgan fingerprint density at radius 3 is 3.14 bits per heavy atom. The standard InChI is InChI=1S/C11H18N2O/c1-2-3-4-8-13-11(14)10-6-5-7-12-9-10/h1,10,12H,3-9H2,(H,13,14)/t10-/m1/s1. The van der Waals surface area contributed by atoms with Gasteiger partial charge in [-0.2, -0.15) is 0 Å². The summed E-state index contributed by atoms with van der Waals surface area (Å²) in [6, 6.07) is 0.